The fourth-order valence-electron chi connectivity index (χ4n) is 2.73. The summed E-state index contributed by atoms with van der Waals surface area (Å²) in [4.78, 5) is 43.6. The molecule has 2 bridgehead atoms. The van der Waals surface area contributed by atoms with Crippen molar-refractivity contribution in [1.82, 2.24) is 20.3 Å². The van der Waals surface area contributed by atoms with E-state index < -0.39 is 29.7 Å². The summed E-state index contributed by atoms with van der Waals surface area (Å²) >= 11 is 0. The second kappa shape index (κ2) is 7.44. The van der Waals surface area contributed by atoms with Gasteiger partial charge in [0.2, 0.25) is 0 Å². The van der Waals surface area contributed by atoms with E-state index in [0.29, 0.717) is 24.4 Å². The molecule has 10 nitrogen and oxygen atoms in total. The normalized spacial score (nSPS) is 22.8. The van der Waals surface area contributed by atoms with Crippen LogP contribution in [-0.2, 0) is 14.4 Å². The van der Waals surface area contributed by atoms with Crippen molar-refractivity contribution in [3.8, 4) is 0 Å². The first-order valence-electron chi connectivity index (χ1n) is 8.24. The Morgan fingerprint density at radius 3 is 2.68 bits per heavy atom. The zero-order valence-electron chi connectivity index (χ0n) is 15.0. The van der Waals surface area contributed by atoms with Gasteiger partial charge in [0.15, 0.2) is 0 Å². The Hall–Kier alpha value is -2.07. The summed E-state index contributed by atoms with van der Waals surface area (Å²) < 4.78 is 5.20. The maximum absolute atomic E-state index is 12.2. The van der Waals surface area contributed by atoms with Crippen molar-refractivity contribution in [3.63, 3.8) is 0 Å². The second-order valence-electron chi connectivity index (χ2n) is 7.24. The Labute approximate surface area is 146 Å². The highest BCUT2D eigenvalue weighted by atomic mass is 16.7. The molecule has 2 aliphatic rings. The number of rotatable bonds is 5. The van der Waals surface area contributed by atoms with Crippen LogP contribution in [0.5, 0.6) is 0 Å². The highest BCUT2D eigenvalue weighted by molar-refractivity contribution is 5.87. The Kier molecular flexibility index (Phi) is 5.73. The molecule has 0 spiro atoms. The summed E-state index contributed by atoms with van der Waals surface area (Å²) in [6.07, 6.45) is 0.532. The first-order valence-corrected chi connectivity index (χ1v) is 8.24. The molecule has 2 heterocycles. The number of amides is 4. The molecule has 0 aliphatic carbocycles. The third-order valence-electron chi connectivity index (χ3n) is 4.05. The first-order chi connectivity index (χ1) is 11.6. The van der Waals surface area contributed by atoms with Crippen molar-refractivity contribution in [2.45, 2.75) is 51.3 Å². The number of ether oxygens (including phenoxy) is 1. The van der Waals surface area contributed by atoms with E-state index in [4.69, 9.17) is 9.57 Å². The number of hydrogen-bond donors (Lipinski definition) is 2. The molecule has 2 saturated heterocycles. The Morgan fingerprint density at radius 1 is 1.36 bits per heavy atom. The maximum Gasteiger partial charge on any atom is 0.410 e. The van der Waals surface area contributed by atoms with E-state index in [1.807, 2.05) is 0 Å². The van der Waals surface area contributed by atoms with Crippen LogP contribution in [0.25, 0.3) is 0 Å². The molecule has 25 heavy (non-hydrogen) atoms. The molecule has 2 N–H and O–H groups in total. The minimum Gasteiger partial charge on any atom is -0.444 e. The molecule has 1 unspecified atom stereocenters. The van der Waals surface area contributed by atoms with Crippen molar-refractivity contribution < 1.29 is 29.2 Å². The Morgan fingerprint density at radius 2 is 2.04 bits per heavy atom. The number of likely N-dealkylation sites (N-methyl/N-ethyl adjacent to an activating group) is 1. The topological polar surface area (TPSA) is 112 Å². The molecule has 142 valence electrons. The molecular weight excluding hydrogens is 332 g/mol. The monoisotopic (exact) mass is 358 g/mol. The minimum atomic E-state index is -0.663. The van der Waals surface area contributed by atoms with Gasteiger partial charge in [-0.05, 0) is 33.6 Å². The molecule has 0 saturated carbocycles. The molecule has 0 aromatic rings. The van der Waals surface area contributed by atoms with Crippen LogP contribution in [0, 0.1) is 0 Å². The summed E-state index contributed by atoms with van der Waals surface area (Å²) in [6.45, 7) is 5.97. The fraction of sp³-hybridized carbons (Fsp3) is 0.800. The van der Waals surface area contributed by atoms with Crippen LogP contribution in [0.15, 0.2) is 0 Å². The van der Waals surface area contributed by atoms with Gasteiger partial charge < -0.3 is 14.5 Å². The lowest BCUT2D eigenvalue weighted by atomic mass is 10.0. The van der Waals surface area contributed by atoms with E-state index in [2.05, 4.69) is 5.48 Å². The van der Waals surface area contributed by atoms with Gasteiger partial charge in [0, 0.05) is 20.1 Å². The van der Waals surface area contributed by atoms with Crippen molar-refractivity contribution in [1.29, 1.82) is 0 Å². The van der Waals surface area contributed by atoms with Gasteiger partial charge in [0.25, 0.3) is 5.91 Å². The first kappa shape index (κ1) is 19.3. The SMILES string of the molecule is CN(CCONC(=O)[C@@H]1CCC2CN1C(=O)N2O)C(=O)OC(C)(C)C. The third kappa shape index (κ3) is 4.73. The Bertz CT molecular complexity index is 535. The summed E-state index contributed by atoms with van der Waals surface area (Å²) in [5.41, 5.74) is 1.72. The van der Waals surface area contributed by atoms with Crippen LogP contribution in [0.2, 0.25) is 0 Å². The van der Waals surface area contributed by atoms with E-state index in [1.54, 1.807) is 27.8 Å². The Balaban J connectivity index is 1.71. The smallest absolute Gasteiger partial charge is 0.410 e. The lowest BCUT2D eigenvalue weighted by Gasteiger charge is -2.29. The molecule has 2 atom stereocenters. The number of fused-ring (bicyclic) bond motifs is 2. The van der Waals surface area contributed by atoms with Crippen LogP contribution in [0.3, 0.4) is 0 Å². The van der Waals surface area contributed by atoms with E-state index in [9.17, 15) is 19.6 Å². The number of urea groups is 1. The van der Waals surface area contributed by atoms with Crippen molar-refractivity contribution in [2.24, 2.45) is 0 Å². The van der Waals surface area contributed by atoms with E-state index in [0.717, 1.165) is 0 Å². The predicted molar refractivity (Wildman–Crippen MR) is 85.5 cm³/mol. The zero-order chi connectivity index (χ0) is 18.8. The standard InChI is InChI=1S/C15H26N4O6/c1-15(2,3)25-14(22)17(4)7-8-24-16-12(20)11-6-5-10-9-18(11)13(21)19(10)23/h10-11,23H,5-9H2,1-4H3,(H,16,20)/t10?,11-/m0/s1. The molecule has 0 radical (unpaired) electrons. The number of carbonyl (C=O) groups excluding carboxylic acids is 3. The molecule has 2 fully saturated rings. The largest absolute Gasteiger partial charge is 0.444 e. The molecule has 2 rings (SSSR count). The fourth-order valence-corrected chi connectivity index (χ4v) is 2.73. The van der Waals surface area contributed by atoms with E-state index in [-0.39, 0.29) is 19.2 Å². The highest BCUT2D eigenvalue weighted by Crippen LogP contribution is 2.28. The van der Waals surface area contributed by atoms with Crippen LogP contribution in [-0.4, -0.2) is 82.5 Å². The number of nitrogens with zero attached hydrogens (tertiary/aromatic N) is 3. The molecule has 0 aromatic carbocycles. The average Bonchev–Trinajstić information content (AvgIpc) is 2.74. The predicted octanol–water partition coefficient (Wildman–Crippen LogP) is 0.559. The van der Waals surface area contributed by atoms with Gasteiger partial charge in [-0.25, -0.2) is 20.1 Å². The highest BCUT2D eigenvalue weighted by Gasteiger charge is 2.46. The zero-order valence-corrected chi connectivity index (χ0v) is 15.0. The van der Waals surface area contributed by atoms with Crippen LogP contribution in [0.4, 0.5) is 9.59 Å². The summed E-state index contributed by atoms with van der Waals surface area (Å²) in [7, 11) is 1.57. The van der Waals surface area contributed by atoms with Gasteiger partial charge in [-0.15, -0.1) is 0 Å². The van der Waals surface area contributed by atoms with Crippen LogP contribution < -0.4 is 5.48 Å². The summed E-state index contributed by atoms with van der Waals surface area (Å²) in [5.74, 6) is -0.443. The summed E-state index contributed by atoms with van der Waals surface area (Å²) in [5, 5.41) is 10.3. The van der Waals surface area contributed by atoms with Gasteiger partial charge >= 0.3 is 12.1 Å². The molecule has 0 aromatic heterocycles. The number of hydrogen-bond acceptors (Lipinski definition) is 6. The van der Waals surface area contributed by atoms with E-state index >= 15 is 0 Å². The van der Waals surface area contributed by atoms with Crippen molar-refractivity contribution >= 4 is 18.0 Å². The van der Waals surface area contributed by atoms with Gasteiger partial charge in [-0.1, -0.05) is 0 Å². The van der Waals surface area contributed by atoms with Gasteiger partial charge in [-0.3, -0.25) is 14.8 Å². The van der Waals surface area contributed by atoms with E-state index in [1.165, 1.54) is 9.80 Å². The molecule has 2 aliphatic heterocycles. The third-order valence-corrected chi connectivity index (χ3v) is 4.05. The molecule has 4 amide bonds. The average molecular weight is 358 g/mol. The lowest BCUT2D eigenvalue weighted by Crippen LogP contribution is -2.50. The number of carbonyl (C=O) groups is 3. The van der Waals surface area contributed by atoms with Gasteiger partial charge in [0.05, 0.1) is 12.6 Å². The quantitative estimate of drug-likeness (QED) is 0.422. The van der Waals surface area contributed by atoms with Crippen LogP contribution >= 0.6 is 0 Å². The van der Waals surface area contributed by atoms with Gasteiger partial charge in [0.1, 0.15) is 11.6 Å². The molecular formula is C15H26N4O6. The lowest BCUT2D eigenvalue weighted by molar-refractivity contribution is -0.139. The summed E-state index contributed by atoms with van der Waals surface area (Å²) in [6, 6.07) is -1.48. The van der Waals surface area contributed by atoms with Gasteiger partial charge in [-0.2, -0.15) is 0 Å². The number of hydroxylamine groups is 3. The number of piperidine rings is 1. The maximum atomic E-state index is 12.2. The minimum absolute atomic E-state index is 0.0803. The van der Waals surface area contributed by atoms with Crippen molar-refractivity contribution in [3.05, 3.63) is 0 Å². The molecule has 10 heteroatoms. The number of nitrogens with one attached hydrogen (secondary N) is 1. The van der Waals surface area contributed by atoms with Crippen LogP contribution in [0.1, 0.15) is 33.6 Å². The second-order valence-corrected chi connectivity index (χ2v) is 7.24. The van der Waals surface area contributed by atoms with Crippen molar-refractivity contribution in [2.75, 3.05) is 26.7 Å².